The van der Waals surface area contributed by atoms with Crippen LogP contribution in [0.1, 0.15) is 47.1 Å². The molecule has 1 fully saturated rings. The summed E-state index contributed by atoms with van der Waals surface area (Å²) >= 11 is 1.78. The first-order chi connectivity index (χ1) is 7.68. The molecule has 1 saturated heterocycles. The van der Waals surface area contributed by atoms with Crippen LogP contribution < -0.4 is 5.32 Å². The summed E-state index contributed by atoms with van der Waals surface area (Å²) in [4.78, 5) is 2.55. The van der Waals surface area contributed by atoms with Gasteiger partial charge in [-0.25, -0.2) is 0 Å². The fraction of sp³-hybridized carbons (Fsp3) is 0.692. The Morgan fingerprint density at radius 1 is 1.38 bits per heavy atom. The lowest BCUT2D eigenvalue weighted by atomic mass is 9.99. The van der Waals surface area contributed by atoms with Crippen molar-refractivity contribution in [1.82, 2.24) is 5.32 Å². The molecule has 90 valence electrons. The zero-order valence-electron chi connectivity index (χ0n) is 10.1. The largest absolute Gasteiger partial charge is 0.387 e. The summed E-state index contributed by atoms with van der Waals surface area (Å²) in [5.74, 6) is 0. The normalized spacial score (nSPS) is 24.1. The second kappa shape index (κ2) is 5.30. The van der Waals surface area contributed by atoms with E-state index in [-0.39, 0.29) is 12.1 Å². The number of hydrogen-bond acceptors (Lipinski definition) is 3. The third-order valence-corrected chi connectivity index (χ3v) is 4.36. The van der Waals surface area contributed by atoms with E-state index in [9.17, 15) is 5.11 Å². The lowest BCUT2D eigenvalue weighted by molar-refractivity contribution is 0.126. The maximum Gasteiger partial charge on any atom is 0.0953 e. The van der Waals surface area contributed by atoms with Crippen molar-refractivity contribution >= 4 is 11.3 Å². The van der Waals surface area contributed by atoms with E-state index in [1.807, 2.05) is 0 Å². The van der Waals surface area contributed by atoms with Gasteiger partial charge in [-0.2, -0.15) is 0 Å². The van der Waals surface area contributed by atoms with Gasteiger partial charge in [0.1, 0.15) is 0 Å². The molecule has 0 spiro atoms. The first-order valence-electron chi connectivity index (χ1n) is 6.17. The summed E-state index contributed by atoms with van der Waals surface area (Å²) in [5, 5.41) is 13.9. The van der Waals surface area contributed by atoms with Crippen molar-refractivity contribution in [3.05, 3.63) is 21.4 Å². The molecule has 0 radical (unpaired) electrons. The monoisotopic (exact) mass is 239 g/mol. The summed E-state index contributed by atoms with van der Waals surface area (Å²) in [5.41, 5.74) is 1.13. The zero-order valence-corrected chi connectivity index (χ0v) is 10.9. The average Bonchev–Trinajstić information content (AvgIpc) is 2.49. The molecule has 1 aromatic rings. The van der Waals surface area contributed by atoms with Gasteiger partial charge in [-0.3, -0.25) is 0 Å². The van der Waals surface area contributed by atoms with Crippen molar-refractivity contribution in [1.29, 1.82) is 0 Å². The maximum atomic E-state index is 10.4. The maximum absolute atomic E-state index is 10.4. The molecule has 2 nitrogen and oxygen atoms in total. The zero-order chi connectivity index (χ0) is 11.5. The van der Waals surface area contributed by atoms with Crippen LogP contribution in [0.4, 0.5) is 0 Å². The van der Waals surface area contributed by atoms with Crippen LogP contribution in [0.2, 0.25) is 0 Å². The molecule has 2 N–H and O–H groups in total. The van der Waals surface area contributed by atoms with Crippen molar-refractivity contribution in [2.75, 3.05) is 6.54 Å². The quantitative estimate of drug-likeness (QED) is 0.831. The third kappa shape index (κ3) is 2.65. The fourth-order valence-corrected chi connectivity index (χ4v) is 3.45. The Morgan fingerprint density at radius 2 is 2.19 bits per heavy atom. The van der Waals surface area contributed by atoms with Crippen LogP contribution in [-0.4, -0.2) is 17.7 Å². The number of nitrogens with one attached hydrogen (secondary N) is 1. The Kier molecular flexibility index (Phi) is 4.00. The molecule has 0 bridgehead atoms. The molecule has 2 rings (SSSR count). The molecule has 2 heterocycles. The van der Waals surface area contributed by atoms with Gasteiger partial charge in [0.25, 0.3) is 0 Å². The molecule has 0 saturated carbocycles. The van der Waals surface area contributed by atoms with Crippen LogP contribution >= 0.6 is 11.3 Å². The first kappa shape index (κ1) is 12.1. The van der Waals surface area contributed by atoms with E-state index in [2.05, 4.69) is 25.2 Å². The number of hydrogen-bond donors (Lipinski definition) is 2. The van der Waals surface area contributed by atoms with E-state index >= 15 is 0 Å². The average molecular weight is 239 g/mol. The second-order valence-corrected chi connectivity index (χ2v) is 6.18. The van der Waals surface area contributed by atoms with Gasteiger partial charge in [-0.1, -0.05) is 12.8 Å². The number of aliphatic hydroxyl groups is 1. The molecule has 1 aliphatic rings. The standard InChI is InChI=1S/C13H21NOS/c1-9-8-11(10(2)16-9)13(15)12-6-4-3-5-7-14-12/h8,12-15H,3-7H2,1-2H3. The Balaban J connectivity index is 2.10. The highest BCUT2D eigenvalue weighted by molar-refractivity contribution is 7.12. The highest BCUT2D eigenvalue weighted by Gasteiger charge is 2.23. The summed E-state index contributed by atoms with van der Waals surface area (Å²) in [7, 11) is 0. The van der Waals surface area contributed by atoms with Crippen molar-refractivity contribution < 1.29 is 5.11 Å². The number of rotatable bonds is 2. The molecular weight excluding hydrogens is 218 g/mol. The van der Waals surface area contributed by atoms with E-state index < -0.39 is 0 Å². The van der Waals surface area contributed by atoms with E-state index in [4.69, 9.17) is 0 Å². The van der Waals surface area contributed by atoms with Gasteiger partial charge in [0.05, 0.1) is 6.10 Å². The predicted molar refractivity (Wildman–Crippen MR) is 69.0 cm³/mol. The Morgan fingerprint density at radius 3 is 2.88 bits per heavy atom. The number of aliphatic hydroxyl groups excluding tert-OH is 1. The van der Waals surface area contributed by atoms with Gasteiger partial charge in [-0.15, -0.1) is 11.3 Å². The van der Waals surface area contributed by atoms with Gasteiger partial charge in [0, 0.05) is 15.8 Å². The van der Waals surface area contributed by atoms with Gasteiger partial charge < -0.3 is 10.4 Å². The predicted octanol–water partition coefficient (Wildman–Crippen LogP) is 2.93. The van der Waals surface area contributed by atoms with Gasteiger partial charge in [0.2, 0.25) is 0 Å². The van der Waals surface area contributed by atoms with Gasteiger partial charge in [0.15, 0.2) is 0 Å². The fourth-order valence-electron chi connectivity index (χ4n) is 2.49. The smallest absolute Gasteiger partial charge is 0.0953 e. The first-order valence-corrected chi connectivity index (χ1v) is 6.98. The summed E-state index contributed by atoms with van der Waals surface area (Å²) in [6.07, 6.45) is 4.53. The van der Waals surface area contributed by atoms with Crippen molar-refractivity contribution in [2.45, 2.75) is 51.7 Å². The van der Waals surface area contributed by atoms with E-state index in [1.165, 1.54) is 29.0 Å². The van der Waals surface area contributed by atoms with Crippen LogP contribution in [0.25, 0.3) is 0 Å². The molecule has 16 heavy (non-hydrogen) atoms. The molecule has 1 aromatic heterocycles. The van der Waals surface area contributed by atoms with E-state index in [0.29, 0.717) is 0 Å². The summed E-state index contributed by atoms with van der Waals surface area (Å²) in [6, 6.07) is 2.38. The number of thiophene rings is 1. The molecule has 1 aliphatic heterocycles. The lowest BCUT2D eigenvalue weighted by Gasteiger charge is -2.22. The van der Waals surface area contributed by atoms with Crippen LogP contribution in [0.15, 0.2) is 6.07 Å². The lowest BCUT2D eigenvalue weighted by Crippen LogP contribution is -2.34. The highest BCUT2D eigenvalue weighted by atomic mass is 32.1. The van der Waals surface area contributed by atoms with Crippen LogP contribution in [0.5, 0.6) is 0 Å². The molecule has 2 unspecified atom stereocenters. The van der Waals surface area contributed by atoms with Crippen molar-refractivity contribution in [3.8, 4) is 0 Å². The molecule has 0 aliphatic carbocycles. The molecule has 0 amide bonds. The van der Waals surface area contributed by atoms with Gasteiger partial charge in [-0.05, 0) is 44.9 Å². The minimum Gasteiger partial charge on any atom is -0.387 e. The summed E-state index contributed by atoms with van der Waals surface area (Å²) < 4.78 is 0. The Bertz CT molecular complexity index is 340. The van der Waals surface area contributed by atoms with E-state index in [1.54, 1.807) is 11.3 Å². The molecular formula is C13H21NOS. The Hall–Kier alpha value is -0.380. The Labute approximate surface area is 102 Å². The van der Waals surface area contributed by atoms with Crippen LogP contribution in [0.3, 0.4) is 0 Å². The summed E-state index contributed by atoms with van der Waals surface area (Å²) in [6.45, 7) is 5.26. The minimum atomic E-state index is -0.331. The van der Waals surface area contributed by atoms with Crippen LogP contribution in [0, 0.1) is 13.8 Å². The number of aryl methyl sites for hydroxylation is 2. The third-order valence-electron chi connectivity index (χ3n) is 3.38. The van der Waals surface area contributed by atoms with Crippen molar-refractivity contribution in [2.24, 2.45) is 0 Å². The van der Waals surface area contributed by atoms with Gasteiger partial charge >= 0.3 is 0 Å². The van der Waals surface area contributed by atoms with E-state index in [0.717, 1.165) is 18.5 Å². The molecule has 2 atom stereocenters. The molecule has 3 heteroatoms. The topological polar surface area (TPSA) is 32.3 Å². The van der Waals surface area contributed by atoms with Crippen molar-refractivity contribution in [3.63, 3.8) is 0 Å². The minimum absolute atomic E-state index is 0.246. The SMILES string of the molecule is Cc1cc(C(O)C2CCCCCN2)c(C)s1. The van der Waals surface area contributed by atoms with Crippen LogP contribution in [-0.2, 0) is 0 Å². The molecule has 0 aromatic carbocycles. The highest BCUT2D eigenvalue weighted by Crippen LogP contribution is 2.30. The second-order valence-electron chi connectivity index (χ2n) is 4.72.